The number of hydrogen-bond acceptors (Lipinski definition) is 6. The van der Waals surface area contributed by atoms with Crippen molar-refractivity contribution in [3.63, 3.8) is 0 Å². The summed E-state index contributed by atoms with van der Waals surface area (Å²) in [4.78, 5) is 2.47. The quantitative estimate of drug-likeness (QED) is 0.674. The second-order valence-corrected chi connectivity index (χ2v) is 7.96. The van der Waals surface area contributed by atoms with Crippen molar-refractivity contribution in [1.82, 2.24) is 13.6 Å². The first-order valence-corrected chi connectivity index (χ1v) is 10.2. The molecule has 2 heterocycles. The highest BCUT2D eigenvalue weighted by Gasteiger charge is 2.34. The van der Waals surface area contributed by atoms with Crippen molar-refractivity contribution in [3.05, 3.63) is 54.1 Å². The number of fused-ring (bicyclic) bond motifs is 1. The van der Waals surface area contributed by atoms with Gasteiger partial charge in [-0.05, 0) is 67.6 Å². The third kappa shape index (κ3) is 4.46. The van der Waals surface area contributed by atoms with Gasteiger partial charge in [-0.2, -0.15) is 8.75 Å². The maximum absolute atomic E-state index is 10.0. The number of ether oxygens (including phenoxy) is 1. The Kier molecular flexibility index (Phi) is 5.66. The van der Waals surface area contributed by atoms with Gasteiger partial charge in [-0.3, -0.25) is 4.90 Å². The minimum absolute atomic E-state index is 0.0198. The second-order valence-electron chi connectivity index (χ2n) is 7.43. The van der Waals surface area contributed by atoms with Crippen LogP contribution < -0.4 is 4.74 Å². The van der Waals surface area contributed by atoms with E-state index in [-0.39, 0.29) is 12.0 Å². The van der Waals surface area contributed by atoms with E-state index in [0.717, 1.165) is 55.7 Å². The summed E-state index contributed by atoms with van der Waals surface area (Å²) in [5, 5.41) is 10.0. The lowest BCUT2D eigenvalue weighted by Crippen LogP contribution is -2.42. The number of benzene rings is 2. The third-order valence-corrected chi connectivity index (χ3v) is 6.18. The summed E-state index contributed by atoms with van der Waals surface area (Å²) in [7, 11) is 0. The Hall–Kier alpha value is -2.02. The smallest absolute Gasteiger partial charge is 0.119 e. The molecule has 1 fully saturated rings. The van der Waals surface area contributed by atoms with Crippen LogP contribution in [0.2, 0.25) is 0 Å². The Bertz CT molecular complexity index is 860. The molecule has 6 heteroatoms. The van der Waals surface area contributed by atoms with Gasteiger partial charge in [-0.15, -0.1) is 0 Å². The molecule has 1 saturated heterocycles. The molecule has 0 unspecified atom stereocenters. The Morgan fingerprint density at radius 1 is 1.04 bits per heavy atom. The molecule has 1 aliphatic rings. The lowest BCUT2D eigenvalue weighted by Gasteiger charge is -2.40. The van der Waals surface area contributed by atoms with Gasteiger partial charge in [0.25, 0.3) is 0 Å². The summed E-state index contributed by atoms with van der Waals surface area (Å²) in [5.41, 5.74) is 3.21. The van der Waals surface area contributed by atoms with Gasteiger partial charge in [0.05, 0.1) is 18.3 Å². The predicted molar refractivity (Wildman–Crippen MR) is 108 cm³/mol. The number of aliphatic hydroxyl groups is 1. The SMILES string of the molecule is OCC1(CCOc2ccccc2)CCN(Cc2ccc3nsnc3c2)CC1. The van der Waals surface area contributed by atoms with Crippen LogP contribution >= 0.6 is 11.7 Å². The molecule has 0 spiro atoms. The van der Waals surface area contributed by atoms with Crippen molar-refractivity contribution < 1.29 is 9.84 Å². The zero-order valence-corrected chi connectivity index (χ0v) is 16.2. The van der Waals surface area contributed by atoms with Crippen LogP contribution in [0.4, 0.5) is 0 Å². The molecule has 0 bridgehead atoms. The lowest BCUT2D eigenvalue weighted by atomic mass is 9.76. The summed E-state index contributed by atoms with van der Waals surface area (Å²) in [5.74, 6) is 0.898. The van der Waals surface area contributed by atoms with Crippen molar-refractivity contribution >= 4 is 22.8 Å². The van der Waals surface area contributed by atoms with Crippen LogP contribution in [0.3, 0.4) is 0 Å². The van der Waals surface area contributed by atoms with E-state index in [4.69, 9.17) is 4.74 Å². The molecule has 5 nitrogen and oxygen atoms in total. The van der Waals surface area contributed by atoms with Gasteiger partial charge in [0.15, 0.2) is 0 Å². The number of nitrogens with zero attached hydrogens (tertiary/aromatic N) is 3. The monoisotopic (exact) mass is 383 g/mol. The number of aromatic nitrogens is 2. The Balaban J connectivity index is 1.29. The molecule has 2 aromatic carbocycles. The normalized spacial score (nSPS) is 17.2. The minimum Gasteiger partial charge on any atom is -0.494 e. The Morgan fingerprint density at radius 3 is 2.59 bits per heavy atom. The molecule has 1 aromatic heterocycles. The summed E-state index contributed by atoms with van der Waals surface area (Å²) >= 11 is 1.26. The van der Waals surface area contributed by atoms with Gasteiger partial charge in [0.1, 0.15) is 16.8 Å². The summed E-state index contributed by atoms with van der Waals surface area (Å²) < 4.78 is 14.5. The topological polar surface area (TPSA) is 58.5 Å². The number of aliphatic hydroxyl groups excluding tert-OH is 1. The maximum atomic E-state index is 10.0. The average molecular weight is 384 g/mol. The fourth-order valence-electron chi connectivity index (χ4n) is 3.76. The van der Waals surface area contributed by atoms with Gasteiger partial charge in [0.2, 0.25) is 0 Å². The van der Waals surface area contributed by atoms with Crippen molar-refractivity contribution in [3.8, 4) is 5.75 Å². The third-order valence-electron chi connectivity index (χ3n) is 5.62. The number of hydrogen-bond donors (Lipinski definition) is 1. The van der Waals surface area contributed by atoms with Gasteiger partial charge in [0, 0.05) is 13.2 Å². The minimum atomic E-state index is -0.0198. The Morgan fingerprint density at radius 2 is 1.81 bits per heavy atom. The van der Waals surface area contributed by atoms with E-state index in [9.17, 15) is 5.11 Å². The van der Waals surface area contributed by atoms with Gasteiger partial charge in [-0.1, -0.05) is 24.3 Å². The zero-order valence-electron chi connectivity index (χ0n) is 15.4. The van der Waals surface area contributed by atoms with E-state index in [0.29, 0.717) is 6.61 Å². The van der Waals surface area contributed by atoms with E-state index >= 15 is 0 Å². The average Bonchev–Trinajstić information content (AvgIpc) is 3.18. The van der Waals surface area contributed by atoms with Crippen LogP contribution in [-0.2, 0) is 6.54 Å². The molecule has 1 aliphatic heterocycles. The molecule has 3 aromatic rings. The summed E-state index contributed by atoms with van der Waals surface area (Å²) in [6.07, 6.45) is 2.90. The van der Waals surface area contributed by atoms with Gasteiger partial charge < -0.3 is 9.84 Å². The first kappa shape index (κ1) is 18.3. The molecule has 0 saturated carbocycles. The van der Waals surface area contributed by atoms with E-state index in [2.05, 4.69) is 31.8 Å². The molecule has 27 heavy (non-hydrogen) atoms. The number of rotatable bonds is 7. The molecular weight excluding hydrogens is 358 g/mol. The number of likely N-dealkylation sites (tertiary alicyclic amines) is 1. The fourth-order valence-corrected chi connectivity index (χ4v) is 4.28. The summed E-state index contributed by atoms with van der Waals surface area (Å²) in [6, 6.07) is 16.2. The molecule has 0 aliphatic carbocycles. The maximum Gasteiger partial charge on any atom is 0.119 e. The zero-order chi connectivity index (χ0) is 18.5. The van der Waals surface area contributed by atoms with Gasteiger partial charge in [-0.25, -0.2) is 0 Å². The van der Waals surface area contributed by atoms with Crippen molar-refractivity contribution in [2.45, 2.75) is 25.8 Å². The molecule has 0 amide bonds. The van der Waals surface area contributed by atoms with Crippen LogP contribution in [0.25, 0.3) is 11.0 Å². The predicted octanol–water partition coefficient (Wildman–Crippen LogP) is 3.73. The van der Waals surface area contributed by atoms with Crippen molar-refractivity contribution in [2.75, 3.05) is 26.3 Å². The fraction of sp³-hybridized carbons (Fsp3) is 0.429. The Labute approximate surface area is 163 Å². The van der Waals surface area contributed by atoms with E-state index in [1.807, 2.05) is 30.3 Å². The summed E-state index contributed by atoms with van der Waals surface area (Å²) in [6.45, 7) is 3.81. The van der Waals surface area contributed by atoms with E-state index in [1.165, 1.54) is 17.3 Å². The molecular formula is C21H25N3O2S. The first-order valence-electron chi connectivity index (χ1n) is 9.49. The number of piperidine rings is 1. The van der Waals surface area contributed by atoms with Crippen molar-refractivity contribution in [2.24, 2.45) is 5.41 Å². The molecule has 0 atom stereocenters. The van der Waals surface area contributed by atoms with Crippen LogP contribution in [0, 0.1) is 5.41 Å². The number of para-hydroxylation sites is 1. The second kappa shape index (κ2) is 8.33. The van der Waals surface area contributed by atoms with E-state index in [1.54, 1.807) is 0 Å². The highest BCUT2D eigenvalue weighted by molar-refractivity contribution is 7.00. The lowest BCUT2D eigenvalue weighted by molar-refractivity contribution is 0.0243. The van der Waals surface area contributed by atoms with Crippen molar-refractivity contribution in [1.29, 1.82) is 0 Å². The van der Waals surface area contributed by atoms with Gasteiger partial charge >= 0.3 is 0 Å². The largest absolute Gasteiger partial charge is 0.494 e. The highest BCUT2D eigenvalue weighted by Crippen LogP contribution is 2.35. The van der Waals surface area contributed by atoms with Crippen LogP contribution in [0.1, 0.15) is 24.8 Å². The molecule has 4 rings (SSSR count). The van der Waals surface area contributed by atoms with Crippen LogP contribution in [0.5, 0.6) is 5.75 Å². The molecule has 142 valence electrons. The van der Waals surface area contributed by atoms with Crippen LogP contribution in [-0.4, -0.2) is 45.1 Å². The molecule has 1 N–H and O–H groups in total. The highest BCUT2D eigenvalue weighted by atomic mass is 32.1. The molecule has 0 radical (unpaired) electrons. The van der Waals surface area contributed by atoms with Crippen LogP contribution in [0.15, 0.2) is 48.5 Å². The van der Waals surface area contributed by atoms with E-state index < -0.39 is 0 Å². The standard InChI is InChI=1S/C21H25N3O2S/c25-16-21(10-13-26-18-4-2-1-3-5-18)8-11-24(12-9-21)15-17-6-7-19-20(14-17)23-27-22-19/h1-7,14,25H,8-13,15-16H2. The first-order chi connectivity index (χ1) is 13.3.